The van der Waals surface area contributed by atoms with Crippen LogP contribution >= 0.6 is 0 Å². The first-order chi connectivity index (χ1) is 16.0. The lowest BCUT2D eigenvalue weighted by atomic mass is 9.99. The Morgan fingerprint density at radius 2 is 1.06 bits per heavy atom. The van der Waals surface area contributed by atoms with Gasteiger partial charge in [0.25, 0.3) is 0 Å². The highest BCUT2D eigenvalue weighted by molar-refractivity contribution is 6.23. The second-order valence-corrected chi connectivity index (χ2v) is 8.10. The Morgan fingerprint density at radius 1 is 0.606 bits per heavy atom. The Hall–Kier alpha value is -4.38. The van der Waals surface area contributed by atoms with Gasteiger partial charge in [-0.2, -0.15) is 0 Å². The summed E-state index contributed by atoms with van der Waals surface area (Å²) in [7, 11) is 1.60. The SMILES string of the molecule is COc1ccc(C2=c3ccc4c5c(ccc4c3OC2=O)=C(c2ccc(C)cc2)C(=O)O5)cc1. The van der Waals surface area contributed by atoms with Crippen LogP contribution in [-0.2, 0) is 9.59 Å². The van der Waals surface area contributed by atoms with Gasteiger partial charge in [0, 0.05) is 21.2 Å². The number of hydrogen-bond donors (Lipinski definition) is 0. The predicted octanol–water partition coefficient (Wildman–Crippen LogP) is 3.39. The van der Waals surface area contributed by atoms with E-state index in [1.807, 2.05) is 79.7 Å². The summed E-state index contributed by atoms with van der Waals surface area (Å²) in [6.07, 6.45) is 0. The van der Waals surface area contributed by atoms with Crippen LogP contribution in [0.4, 0.5) is 0 Å². The molecule has 0 fully saturated rings. The number of rotatable bonds is 3. The number of carbonyl (C=O) groups excluding carboxylic acids is 2. The summed E-state index contributed by atoms with van der Waals surface area (Å²) in [4.78, 5) is 25.6. The molecule has 5 nitrogen and oxygen atoms in total. The van der Waals surface area contributed by atoms with Crippen molar-refractivity contribution in [1.29, 1.82) is 0 Å². The molecule has 160 valence electrons. The smallest absolute Gasteiger partial charge is 0.344 e. The van der Waals surface area contributed by atoms with E-state index in [1.165, 1.54) is 0 Å². The molecule has 4 aromatic rings. The second-order valence-electron chi connectivity index (χ2n) is 8.10. The highest BCUT2D eigenvalue weighted by Crippen LogP contribution is 2.35. The Morgan fingerprint density at radius 3 is 1.52 bits per heavy atom. The van der Waals surface area contributed by atoms with Crippen molar-refractivity contribution < 1.29 is 23.8 Å². The van der Waals surface area contributed by atoms with Crippen molar-refractivity contribution >= 4 is 33.9 Å². The molecule has 0 aliphatic carbocycles. The zero-order valence-corrected chi connectivity index (χ0v) is 18.0. The zero-order chi connectivity index (χ0) is 22.7. The lowest BCUT2D eigenvalue weighted by molar-refractivity contribution is -0.128. The van der Waals surface area contributed by atoms with Crippen LogP contribution in [0.15, 0.2) is 72.8 Å². The fourth-order valence-electron chi connectivity index (χ4n) is 4.50. The zero-order valence-electron chi connectivity index (χ0n) is 18.0. The molecule has 0 saturated carbocycles. The van der Waals surface area contributed by atoms with Crippen molar-refractivity contribution in [3.63, 3.8) is 0 Å². The molecule has 33 heavy (non-hydrogen) atoms. The Labute approximate surface area is 189 Å². The molecule has 0 aromatic heterocycles. The van der Waals surface area contributed by atoms with E-state index in [2.05, 4.69) is 0 Å². The Bertz CT molecular complexity index is 1610. The van der Waals surface area contributed by atoms with Crippen molar-refractivity contribution in [2.75, 3.05) is 7.11 Å². The molecule has 2 heterocycles. The first kappa shape index (κ1) is 19.3. The quantitative estimate of drug-likeness (QED) is 0.365. The van der Waals surface area contributed by atoms with Crippen LogP contribution in [0.5, 0.6) is 17.2 Å². The molecule has 0 amide bonds. The monoisotopic (exact) mass is 434 g/mol. The standard InChI is InChI=1S/C28H18O5/c1-15-3-5-16(6-4-15)23-21-13-11-20-19(25(21)32-27(23)29)12-14-22-24(28(30)33-26(20)22)17-7-9-18(31-2)10-8-17/h3-14H,1-2H3. The average molecular weight is 434 g/mol. The third kappa shape index (κ3) is 2.86. The Kier molecular flexibility index (Phi) is 4.14. The summed E-state index contributed by atoms with van der Waals surface area (Å²) in [5, 5.41) is 2.90. The van der Waals surface area contributed by atoms with Gasteiger partial charge in [0.15, 0.2) is 0 Å². The first-order valence-corrected chi connectivity index (χ1v) is 10.6. The topological polar surface area (TPSA) is 61.8 Å². The van der Waals surface area contributed by atoms with Gasteiger partial charge in [-0.3, -0.25) is 0 Å². The number of benzene rings is 4. The number of carbonyl (C=O) groups is 2. The third-order valence-corrected chi connectivity index (χ3v) is 6.16. The van der Waals surface area contributed by atoms with E-state index >= 15 is 0 Å². The maximum Gasteiger partial charge on any atom is 0.344 e. The maximum atomic E-state index is 12.8. The summed E-state index contributed by atoms with van der Waals surface area (Å²) in [5.74, 6) is 0.884. The van der Waals surface area contributed by atoms with Crippen LogP contribution in [0, 0.1) is 6.92 Å². The summed E-state index contributed by atoms with van der Waals surface area (Å²) >= 11 is 0. The van der Waals surface area contributed by atoms with Crippen LogP contribution < -0.4 is 24.6 Å². The minimum Gasteiger partial charge on any atom is -0.497 e. The number of fused-ring (bicyclic) bond motifs is 5. The van der Waals surface area contributed by atoms with Crippen LogP contribution in [0.2, 0.25) is 0 Å². The van der Waals surface area contributed by atoms with Crippen molar-refractivity contribution in [3.05, 3.63) is 99.9 Å². The molecule has 0 atom stereocenters. The predicted molar refractivity (Wildman–Crippen MR) is 124 cm³/mol. The molecular weight excluding hydrogens is 416 g/mol. The third-order valence-electron chi connectivity index (χ3n) is 6.16. The van der Waals surface area contributed by atoms with Crippen molar-refractivity contribution in [2.45, 2.75) is 6.92 Å². The average Bonchev–Trinajstić information content (AvgIpc) is 3.35. The molecule has 0 bridgehead atoms. The number of aryl methyl sites for hydroxylation is 1. The number of methoxy groups -OCH3 is 1. The van der Waals surface area contributed by atoms with Gasteiger partial charge < -0.3 is 14.2 Å². The van der Waals surface area contributed by atoms with E-state index in [-0.39, 0.29) is 5.97 Å². The summed E-state index contributed by atoms with van der Waals surface area (Å²) in [6, 6.07) is 22.5. The van der Waals surface area contributed by atoms with Crippen molar-refractivity contribution in [1.82, 2.24) is 0 Å². The molecular formula is C28H18O5. The van der Waals surface area contributed by atoms with Crippen molar-refractivity contribution in [2.24, 2.45) is 0 Å². The van der Waals surface area contributed by atoms with Gasteiger partial charge in [-0.15, -0.1) is 0 Å². The first-order valence-electron chi connectivity index (χ1n) is 10.6. The Balaban J connectivity index is 1.58. The van der Waals surface area contributed by atoms with Crippen LogP contribution in [-0.4, -0.2) is 19.0 Å². The summed E-state index contributed by atoms with van der Waals surface area (Å²) in [6.45, 7) is 2.00. The van der Waals surface area contributed by atoms with E-state index in [0.717, 1.165) is 32.7 Å². The molecule has 5 heteroatoms. The molecule has 0 radical (unpaired) electrons. The lowest BCUT2D eigenvalue weighted by Crippen LogP contribution is -2.07. The van der Waals surface area contributed by atoms with Gasteiger partial charge in [-0.1, -0.05) is 42.0 Å². The molecule has 0 N–H and O–H groups in total. The fourth-order valence-corrected chi connectivity index (χ4v) is 4.50. The minimum absolute atomic E-state index is 0.385. The fraction of sp³-hybridized carbons (Fsp3) is 0.0714. The van der Waals surface area contributed by atoms with Crippen molar-refractivity contribution in [3.8, 4) is 17.2 Å². The van der Waals surface area contributed by atoms with Gasteiger partial charge in [0.2, 0.25) is 0 Å². The highest BCUT2D eigenvalue weighted by atomic mass is 16.5. The molecule has 2 aliphatic heterocycles. The van der Waals surface area contributed by atoms with Crippen LogP contribution in [0.25, 0.3) is 21.9 Å². The number of esters is 2. The normalized spacial score (nSPS) is 14.2. The molecule has 0 unspecified atom stereocenters. The van der Waals surface area contributed by atoms with E-state index in [0.29, 0.717) is 33.6 Å². The number of ether oxygens (including phenoxy) is 3. The van der Waals surface area contributed by atoms with Gasteiger partial charge in [0.1, 0.15) is 17.2 Å². The molecule has 2 aliphatic rings. The highest BCUT2D eigenvalue weighted by Gasteiger charge is 2.30. The van der Waals surface area contributed by atoms with Crippen LogP contribution in [0.3, 0.4) is 0 Å². The number of hydrogen-bond acceptors (Lipinski definition) is 5. The van der Waals surface area contributed by atoms with E-state index < -0.39 is 5.97 Å². The van der Waals surface area contributed by atoms with E-state index in [9.17, 15) is 9.59 Å². The van der Waals surface area contributed by atoms with Gasteiger partial charge in [-0.05, 0) is 54.4 Å². The minimum atomic E-state index is -0.410. The van der Waals surface area contributed by atoms with E-state index in [4.69, 9.17) is 14.2 Å². The van der Waals surface area contributed by atoms with Gasteiger partial charge >= 0.3 is 11.9 Å². The molecule has 4 aromatic carbocycles. The largest absolute Gasteiger partial charge is 0.497 e. The van der Waals surface area contributed by atoms with E-state index in [1.54, 1.807) is 7.11 Å². The molecule has 0 spiro atoms. The lowest BCUT2D eigenvalue weighted by Gasteiger charge is -2.05. The second kappa shape index (κ2) is 7.07. The van der Waals surface area contributed by atoms with Gasteiger partial charge in [-0.25, -0.2) is 9.59 Å². The summed E-state index contributed by atoms with van der Waals surface area (Å²) < 4.78 is 16.6. The molecule has 6 rings (SSSR count). The van der Waals surface area contributed by atoms with Gasteiger partial charge in [0.05, 0.1) is 18.3 Å². The summed E-state index contributed by atoms with van der Waals surface area (Å²) in [5.41, 5.74) is 3.72. The molecule has 0 saturated heterocycles. The van der Waals surface area contributed by atoms with Crippen LogP contribution in [0.1, 0.15) is 16.7 Å². The maximum absolute atomic E-state index is 12.8.